The molecule has 90 valence electrons. The smallest absolute Gasteiger partial charge is 0.166 e. The van der Waals surface area contributed by atoms with Gasteiger partial charge in [0.1, 0.15) is 5.69 Å². The van der Waals surface area contributed by atoms with Crippen LogP contribution in [0.25, 0.3) is 11.3 Å². The molecule has 0 N–H and O–H groups in total. The quantitative estimate of drug-likeness (QED) is 0.735. The number of aromatic nitrogens is 3. The minimum atomic E-state index is 0.483. The molecule has 3 nitrogen and oxygen atoms in total. The first kappa shape index (κ1) is 11.8. The number of thiazole rings is 1. The number of halogens is 1. The van der Waals surface area contributed by atoms with Gasteiger partial charge in [0.15, 0.2) is 5.15 Å². The Bertz CT molecular complexity index is 648. The predicted molar refractivity (Wildman–Crippen MR) is 75.3 cm³/mol. The minimum Gasteiger partial charge on any atom is -0.241 e. The summed E-state index contributed by atoms with van der Waals surface area (Å²) in [5, 5.41) is 3.54. The van der Waals surface area contributed by atoms with E-state index in [0.29, 0.717) is 11.6 Å². The molecule has 0 radical (unpaired) electrons. The fourth-order valence-electron chi connectivity index (χ4n) is 1.58. The molecule has 1 aromatic carbocycles. The number of hydrogen-bond acceptors (Lipinski definition) is 5. The number of nitrogens with zero attached hydrogens (tertiary/aromatic N) is 3. The highest BCUT2D eigenvalue weighted by Gasteiger charge is 2.10. The molecule has 0 spiro atoms. The van der Waals surface area contributed by atoms with Crippen LogP contribution in [0.1, 0.15) is 10.7 Å². The molecule has 0 aliphatic carbocycles. The third kappa shape index (κ3) is 2.43. The van der Waals surface area contributed by atoms with Gasteiger partial charge in [-0.1, -0.05) is 41.9 Å². The van der Waals surface area contributed by atoms with Crippen LogP contribution >= 0.6 is 34.7 Å². The summed E-state index contributed by atoms with van der Waals surface area (Å²) in [4.78, 5) is 4.59. The van der Waals surface area contributed by atoms with E-state index in [4.69, 9.17) is 11.6 Å². The van der Waals surface area contributed by atoms with E-state index in [2.05, 4.69) is 31.2 Å². The molecular formula is C12H8ClN3S2. The van der Waals surface area contributed by atoms with Crippen molar-refractivity contribution in [3.8, 4) is 11.3 Å². The molecular weight excluding hydrogens is 286 g/mol. The van der Waals surface area contributed by atoms with Crippen LogP contribution in [0, 0.1) is 0 Å². The second kappa shape index (κ2) is 5.14. The largest absolute Gasteiger partial charge is 0.241 e. The van der Waals surface area contributed by atoms with Crippen molar-refractivity contribution in [2.24, 2.45) is 0 Å². The van der Waals surface area contributed by atoms with Crippen molar-refractivity contribution in [1.82, 2.24) is 13.7 Å². The molecule has 0 atom stereocenters. The first-order valence-electron chi connectivity index (χ1n) is 5.29. The molecule has 0 bridgehead atoms. The predicted octanol–water partition coefficient (Wildman–Crippen LogP) is 3.91. The van der Waals surface area contributed by atoms with Gasteiger partial charge in [0.2, 0.25) is 0 Å². The molecule has 0 fully saturated rings. The molecule has 3 aromatic rings. The number of benzene rings is 1. The molecule has 0 aliphatic heterocycles. The van der Waals surface area contributed by atoms with Gasteiger partial charge in [0.05, 0.1) is 22.4 Å². The SMILES string of the molecule is Clc1nsnc1Cc1nc(-c2ccccc2)cs1. The van der Waals surface area contributed by atoms with Crippen LogP contribution in [0.4, 0.5) is 0 Å². The summed E-state index contributed by atoms with van der Waals surface area (Å²) < 4.78 is 8.11. The van der Waals surface area contributed by atoms with Gasteiger partial charge in [-0.15, -0.1) is 11.3 Å². The minimum absolute atomic E-state index is 0.483. The van der Waals surface area contributed by atoms with Crippen molar-refractivity contribution in [3.63, 3.8) is 0 Å². The van der Waals surface area contributed by atoms with E-state index in [-0.39, 0.29) is 0 Å². The summed E-state index contributed by atoms with van der Waals surface area (Å²) in [6.07, 6.45) is 0.646. The first-order chi connectivity index (χ1) is 8.83. The molecule has 0 saturated carbocycles. The summed E-state index contributed by atoms with van der Waals surface area (Å²) in [6.45, 7) is 0. The monoisotopic (exact) mass is 293 g/mol. The van der Waals surface area contributed by atoms with Crippen LogP contribution in [0.15, 0.2) is 35.7 Å². The van der Waals surface area contributed by atoms with Gasteiger partial charge in [-0.3, -0.25) is 0 Å². The average molecular weight is 294 g/mol. The maximum atomic E-state index is 5.93. The van der Waals surface area contributed by atoms with Crippen molar-refractivity contribution in [2.75, 3.05) is 0 Å². The van der Waals surface area contributed by atoms with Gasteiger partial charge >= 0.3 is 0 Å². The third-order valence-electron chi connectivity index (χ3n) is 2.45. The lowest BCUT2D eigenvalue weighted by Crippen LogP contribution is -1.88. The Morgan fingerprint density at radius 2 is 1.94 bits per heavy atom. The van der Waals surface area contributed by atoms with E-state index in [9.17, 15) is 0 Å². The van der Waals surface area contributed by atoms with E-state index in [1.807, 2.05) is 18.2 Å². The van der Waals surface area contributed by atoms with Gasteiger partial charge in [-0.2, -0.15) is 8.75 Å². The molecule has 2 heterocycles. The highest BCUT2D eigenvalue weighted by atomic mass is 35.5. The van der Waals surface area contributed by atoms with E-state index in [1.54, 1.807) is 11.3 Å². The van der Waals surface area contributed by atoms with Gasteiger partial charge in [0, 0.05) is 17.4 Å². The normalized spacial score (nSPS) is 10.7. The molecule has 0 saturated heterocycles. The van der Waals surface area contributed by atoms with Crippen molar-refractivity contribution in [1.29, 1.82) is 0 Å². The maximum absolute atomic E-state index is 5.93. The molecule has 0 aliphatic rings. The van der Waals surface area contributed by atoms with Crippen molar-refractivity contribution in [3.05, 3.63) is 51.6 Å². The molecule has 0 amide bonds. The second-order valence-electron chi connectivity index (χ2n) is 3.67. The van der Waals surface area contributed by atoms with Crippen LogP contribution in [-0.2, 0) is 6.42 Å². The Balaban J connectivity index is 1.84. The summed E-state index contributed by atoms with van der Waals surface area (Å²) in [5.74, 6) is 0. The summed E-state index contributed by atoms with van der Waals surface area (Å²) in [5.41, 5.74) is 2.92. The average Bonchev–Trinajstić information content (AvgIpc) is 3.02. The Hall–Kier alpha value is -1.30. The van der Waals surface area contributed by atoms with E-state index >= 15 is 0 Å². The highest BCUT2D eigenvalue weighted by Crippen LogP contribution is 2.24. The van der Waals surface area contributed by atoms with Gasteiger partial charge < -0.3 is 0 Å². The standard InChI is InChI=1S/C12H8ClN3S2/c13-12-9(15-18-16-12)6-11-14-10(7-17-11)8-4-2-1-3-5-8/h1-5,7H,6H2. The molecule has 18 heavy (non-hydrogen) atoms. The second-order valence-corrected chi connectivity index (χ2v) is 5.50. The summed E-state index contributed by atoms with van der Waals surface area (Å²) >= 11 is 8.68. The number of hydrogen-bond donors (Lipinski definition) is 0. The zero-order valence-corrected chi connectivity index (χ0v) is 11.6. The first-order valence-corrected chi connectivity index (χ1v) is 7.28. The van der Waals surface area contributed by atoms with Gasteiger partial charge in [-0.25, -0.2) is 4.98 Å². The van der Waals surface area contributed by atoms with Crippen molar-refractivity contribution in [2.45, 2.75) is 6.42 Å². The van der Waals surface area contributed by atoms with Crippen molar-refractivity contribution < 1.29 is 0 Å². The Labute approximate surface area is 117 Å². The Morgan fingerprint density at radius 3 is 2.67 bits per heavy atom. The van der Waals surface area contributed by atoms with Gasteiger partial charge in [0.25, 0.3) is 0 Å². The highest BCUT2D eigenvalue weighted by molar-refractivity contribution is 7.10. The fraction of sp³-hybridized carbons (Fsp3) is 0.0833. The zero-order chi connectivity index (χ0) is 12.4. The lowest BCUT2D eigenvalue weighted by atomic mass is 10.2. The Morgan fingerprint density at radius 1 is 1.11 bits per heavy atom. The fourth-order valence-corrected chi connectivity index (χ4v) is 3.10. The van der Waals surface area contributed by atoms with Crippen LogP contribution in [0.5, 0.6) is 0 Å². The van der Waals surface area contributed by atoms with Crippen LogP contribution in [0.2, 0.25) is 5.15 Å². The van der Waals surface area contributed by atoms with Crippen LogP contribution in [-0.4, -0.2) is 13.7 Å². The van der Waals surface area contributed by atoms with E-state index < -0.39 is 0 Å². The molecule has 2 aromatic heterocycles. The summed E-state index contributed by atoms with van der Waals surface area (Å²) in [6, 6.07) is 10.1. The van der Waals surface area contributed by atoms with E-state index in [0.717, 1.165) is 33.7 Å². The Kier molecular flexibility index (Phi) is 3.36. The lowest BCUT2D eigenvalue weighted by molar-refractivity contribution is 1.09. The lowest BCUT2D eigenvalue weighted by Gasteiger charge is -1.94. The summed E-state index contributed by atoms with van der Waals surface area (Å²) in [7, 11) is 0. The number of rotatable bonds is 3. The topological polar surface area (TPSA) is 38.7 Å². The van der Waals surface area contributed by atoms with Gasteiger partial charge in [-0.05, 0) is 0 Å². The molecule has 3 rings (SSSR count). The van der Waals surface area contributed by atoms with Crippen LogP contribution in [0.3, 0.4) is 0 Å². The van der Waals surface area contributed by atoms with E-state index in [1.165, 1.54) is 0 Å². The van der Waals surface area contributed by atoms with Crippen LogP contribution < -0.4 is 0 Å². The third-order valence-corrected chi connectivity index (χ3v) is 4.27. The molecule has 6 heteroatoms. The zero-order valence-electron chi connectivity index (χ0n) is 9.21. The maximum Gasteiger partial charge on any atom is 0.166 e. The molecule has 0 unspecified atom stereocenters. The van der Waals surface area contributed by atoms with Crippen molar-refractivity contribution >= 4 is 34.7 Å².